The van der Waals surface area contributed by atoms with Crippen LogP contribution in [0.2, 0.25) is 0 Å². The van der Waals surface area contributed by atoms with Crippen molar-refractivity contribution in [3.8, 4) is 0 Å². The van der Waals surface area contributed by atoms with E-state index in [1.807, 2.05) is 0 Å². The Morgan fingerprint density at radius 2 is 2.00 bits per heavy atom. The summed E-state index contributed by atoms with van der Waals surface area (Å²) in [5.41, 5.74) is 2.72. The van der Waals surface area contributed by atoms with Gasteiger partial charge in [0, 0.05) is 6.04 Å². The summed E-state index contributed by atoms with van der Waals surface area (Å²) in [6, 6.07) is 9.19. The van der Waals surface area contributed by atoms with Gasteiger partial charge in [-0.3, -0.25) is 0 Å². The fraction of sp³-hybridized carbons (Fsp3) is 0.600. The Labute approximate surface area is 106 Å². The first-order valence-corrected chi connectivity index (χ1v) is 6.54. The molecule has 0 amide bonds. The van der Waals surface area contributed by atoms with Crippen molar-refractivity contribution in [3.63, 3.8) is 0 Å². The van der Waals surface area contributed by atoms with Crippen molar-refractivity contribution < 1.29 is 0 Å². The van der Waals surface area contributed by atoms with E-state index in [2.05, 4.69) is 62.4 Å². The predicted molar refractivity (Wildman–Crippen MR) is 75.4 cm³/mol. The molecular formula is C15H26N2. The van der Waals surface area contributed by atoms with Gasteiger partial charge in [-0.05, 0) is 59.4 Å². The van der Waals surface area contributed by atoms with Crippen molar-refractivity contribution in [1.82, 2.24) is 10.2 Å². The monoisotopic (exact) mass is 234 g/mol. The third kappa shape index (κ3) is 5.85. The zero-order valence-electron chi connectivity index (χ0n) is 11.7. The predicted octanol–water partition coefficient (Wildman–Crippen LogP) is 2.99. The summed E-state index contributed by atoms with van der Waals surface area (Å²) in [6.07, 6.45) is 2.51. The van der Waals surface area contributed by atoms with Gasteiger partial charge in [0.1, 0.15) is 0 Å². The van der Waals surface area contributed by atoms with Crippen LogP contribution in [0.25, 0.3) is 0 Å². The van der Waals surface area contributed by atoms with Gasteiger partial charge in [-0.25, -0.2) is 0 Å². The Kier molecular flexibility index (Phi) is 6.23. The topological polar surface area (TPSA) is 15.3 Å². The van der Waals surface area contributed by atoms with Gasteiger partial charge in [-0.2, -0.15) is 0 Å². The van der Waals surface area contributed by atoms with Gasteiger partial charge < -0.3 is 10.2 Å². The maximum Gasteiger partial charge on any atom is 0.0291 e. The molecule has 0 radical (unpaired) electrons. The van der Waals surface area contributed by atoms with Gasteiger partial charge in [0.2, 0.25) is 0 Å². The minimum absolute atomic E-state index is 0.453. The molecule has 1 aromatic rings. The van der Waals surface area contributed by atoms with Gasteiger partial charge >= 0.3 is 0 Å². The molecule has 0 aliphatic heterocycles. The number of hydrogen-bond acceptors (Lipinski definition) is 2. The molecule has 1 aromatic carbocycles. The first-order valence-electron chi connectivity index (χ1n) is 6.54. The van der Waals surface area contributed by atoms with Gasteiger partial charge in [0.05, 0.1) is 0 Å². The summed E-state index contributed by atoms with van der Waals surface area (Å²) in [6.45, 7) is 6.66. The van der Waals surface area contributed by atoms with Crippen LogP contribution in [-0.4, -0.2) is 32.1 Å². The van der Waals surface area contributed by atoms with Crippen molar-refractivity contribution >= 4 is 0 Å². The van der Waals surface area contributed by atoms with Crippen LogP contribution in [0.15, 0.2) is 24.3 Å². The molecule has 96 valence electrons. The normalized spacial score (nSPS) is 13.0. The Bertz CT molecular complexity index is 320. The van der Waals surface area contributed by atoms with Gasteiger partial charge in [-0.1, -0.05) is 29.8 Å². The first-order chi connectivity index (χ1) is 8.09. The maximum atomic E-state index is 3.58. The Hall–Kier alpha value is -0.860. The number of benzene rings is 1. The summed E-state index contributed by atoms with van der Waals surface area (Å²) in [5.74, 6) is 0. The van der Waals surface area contributed by atoms with E-state index < -0.39 is 0 Å². The third-order valence-electron chi connectivity index (χ3n) is 3.02. The molecule has 0 saturated heterocycles. The average Bonchev–Trinajstić information content (AvgIpc) is 2.28. The molecule has 0 aliphatic rings. The quantitative estimate of drug-likeness (QED) is 0.730. The second-order valence-electron chi connectivity index (χ2n) is 5.10. The molecule has 1 rings (SSSR count). The smallest absolute Gasteiger partial charge is 0.0291 e. The van der Waals surface area contributed by atoms with Crippen LogP contribution in [0.1, 0.15) is 36.9 Å². The van der Waals surface area contributed by atoms with Crippen LogP contribution in [0.5, 0.6) is 0 Å². The highest BCUT2D eigenvalue weighted by molar-refractivity contribution is 5.24. The minimum Gasteiger partial charge on any atom is -0.310 e. The van der Waals surface area contributed by atoms with E-state index in [0.717, 1.165) is 6.54 Å². The van der Waals surface area contributed by atoms with Crippen molar-refractivity contribution in [2.24, 2.45) is 0 Å². The van der Waals surface area contributed by atoms with Gasteiger partial charge in [-0.15, -0.1) is 0 Å². The number of rotatable bonds is 7. The van der Waals surface area contributed by atoms with Gasteiger partial charge in [0.15, 0.2) is 0 Å². The van der Waals surface area contributed by atoms with Crippen LogP contribution < -0.4 is 5.32 Å². The zero-order chi connectivity index (χ0) is 12.7. The lowest BCUT2D eigenvalue weighted by Gasteiger charge is -2.15. The van der Waals surface area contributed by atoms with Crippen molar-refractivity contribution in [1.29, 1.82) is 0 Å². The highest BCUT2D eigenvalue weighted by Crippen LogP contribution is 2.13. The molecule has 0 saturated carbocycles. The largest absolute Gasteiger partial charge is 0.310 e. The molecule has 1 N–H and O–H groups in total. The Morgan fingerprint density at radius 3 is 2.65 bits per heavy atom. The molecule has 2 heteroatoms. The number of aryl methyl sites for hydroxylation is 1. The maximum absolute atomic E-state index is 3.58. The van der Waals surface area contributed by atoms with Crippen LogP contribution in [0.3, 0.4) is 0 Å². The van der Waals surface area contributed by atoms with E-state index in [-0.39, 0.29) is 0 Å². The highest BCUT2D eigenvalue weighted by atomic mass is 15.0. The van der Waals surface area contributed by atoms with E-state index in [1.54, 1.807) is 0 Å². The van der Waals surface area contributed by atoms with Crippen LogP contribution in [-0.2, 0) is 0 Å². The molecule has 0 aromatic heterocycles. The highest BCUT2D eigenvalue weighted by Gasteiger charge is 2.03. The summed E-state index contributed by atoms with van der Waals surface area (Å²) in [5, 5.41) is 3.58. The molecule has 0 heterocycles. The second-order valence-corrected chi connectivity index (χ2v) is 5.10. The molecule has 1 atom stereocenters. The molecule has 1 unspecified atom stereocenters. The molecule has 0 spiro atoms. The zero-order valence-corrected chi connectivity index (χ0v) is 11.7. The molecule has 17 heavy (non-hydrogen) atoms. The van der Waals surface area contributed by atoms with E-state index >= 15 is 0 Å². The van der Waals surface area contributed by atoms with Crippen molar-refractivity contribution in [3.05, 3.63) is 35.4 Å². The number of hydrogen-bond donors (Lipinski definition) is 1. The van der Waals surface area contributed by atoms with E-state index in [0.29, 0.717) is 6.04 Å². The fourth-order valence-corrected chi connectivity index (χ4v) is 1.93. The third-order valence-corrected chi connectivity index (χ3v) is 3.02. The Balaban J connectivity index is 2.23. The van der Waals surface area contributed by atoms with Crippen LogP contribution >= 0.6 is 0 Å². The average molecular weight is 234 g/mol. The van der Waals surface area contributed by atoms with E-state index in [1.165, 1.54) is 30.5 Å². The molecule has 0 bridgehead atoms. The van der Waals surface area contributed by atoms with E-state index in [4.69, 9.17) is 0 Å². The standard InChI is InChI=1S/C15H26N2/c1-13-8-7-9-15(12-13)14(2)16-10-5-6-11-17(3)4/h7-9,12,14,16H,5-6,10-11H2,1-4H3. The lowest BCUT2D eigenvalue weighted by Crippen LogP contribution is -2.21. The SMILES string of the molecule is Cc1cccc(C(C)NCCCCN(C)C)c1. The van der Waals surface area contributed by atoms with Crippen LogP contribution in [0.4, 0.5) is 0 Å². The molecule has 2 nitrogen and oxygen atoms in total. The summed E-state index contributed by atoms with van der Waals surface area (Å²) in [4.78, 5) is 2.24. The van der Waals surface area contributed by atoms with Gasteiger partial charge in [0.25, 0.3) is 0 Å². The lowest BCUT2D eigenvalue weighted by molar-refractivity contribution is 0.389. The summed E-state index contributed by atoms with van der Waals surface area (Å²) < 4.78 is 0. The van der Waals surface area contributed by atoms with Crippen LogP contribution in [0, 0.1) is 6.92 Å². The number of nitrogens with zero attached hydrogens (tertiary/aromatic N) is 1. The summed E-state index contributed by atoms with van der Waals surface area (Å²) >= 11 is 0. The summed E-state index contributed by atoms with van der Waals surface area (Å²) in [7, 11) is 4.26. The molecular weight excluding hydrogens is 208 g/mol. The fourth-order valence-electron chi connectivity index (χ4n) is 1.93. The lowest BCUT2D eigenvalue weighted by atomic mass is 10.1. The number of unbranched alkanes of at least 4 members (excludes halogenated alkanes) is 1. The van der Waals surface area contributed by atoms with Crippen molar-refractivity contribution in [2.45, 2.75) is 32.7 Å². The van der Waals surface area contributed by atoms with Crippen molar-refractivity contribution in [2.75, 3.05) is 27.2 Å². The van der Waals surface area contributed by atoms with E-state index in [9.17, 15) is 0 Å². The molecule has 0 fully saturated rings. The Morgan fingerprint density at radius 1 is 1.24 bits per heavy atom. The first kappa shape index (κ1) is 14.2. The molecule has 0 aliphatic carbocycles. The minimum atomic E-state index is 0.453. The number of nitrogens with one attached hydrogen (secondary N) is 1. The second kappa shape index (κ2) is 7.46.